The Morgan fingerprint density at radius 3 is 2.50 bits per heavy atom. The minimum atomic E-state index is 0.841. The van der Waals surface area contributed by atoms with E-state index >= 15 is 0 Å². The van der Waals surface area contributed by atoms with E-state index in [2.05, 4.69) is 11.9 Å². The van der Waals surface area contributed by atoms with Crippen LogP contribution in [-0.2, 0) is 0 Å². The van der Waals surface area contributed by atoms with Gasteiger partial charge in [-0.2, -0.15) is 0 Å². The van der Waals surface area contributed by atoms with Gasteiger partial charge in [0.25, 0.3) is 0 Å². The van der Waals surface area contributed by atoms with Crippen LogP contribution in [0.1, 0.15) is 6.42 Å². The Hall–Kier alpha value is -2.22. The molecule has 0 amide bonds. The Labute approximate surface area is 108 Å². The summed E-state index contributed by atoms with van der Waals surface area (Å²) < 4.78 is 5.85. The summed E-state index contributed by atoms with van der Waals surface area (Å²) in [5.41, 5.74) is 1.00. The van der Waals surface area contributed by atoms with Gasteiger partial charge in [0.05, 0.1) is 5.69 Å². The van der Waals surface area contributed by atoms with Crippen LogP contribution in [0.4, 0.5) is 5.69 Å². The highest BCUT2D eigenvalue weighted by molar-refractivity contribution is 5.57. The first-order valence-electron chi connectivity index (χ1n) is 6.07. The fraction of sp³-hybridized carbons (Fsp3) is 0.125. The summed E-state index contributed by atoms with van der Waals surface area (Å²) in [5.74, 6) is 1.68. The van der Waals surface area contributed by atoms with Crippen LogP contribution in [0.5, 0.6) is 11.5 Å². The standard InChI is InChI=1S/C16H17NO/c1-2-3-13-17-15-11-7-8-12-16(15)18-14-9-5-4-6-10-14/h2,4-12,17H,1,3,13H2. The lowest BCUT2D eigenvalue weighted by Gasteiger charge is -2.12. The minimum absolute atomic E-state index is 0.841. The van der Waals surface area contributed by atoms with Gasteiger partial charge in [0.15, 0.2) is 5.75 Å². The van der Waals surface area contributed by atoms with Crippen molar-refractivity contribution in [1.82, 2.24) is 0 Å². The van der Waals surface area contributed by atoms with E-state index in [1.54, 1.807) is 0 Å². The van der Waals surface area contributed by atoms with E-state index in [1.165, 1.54) is 0 Å². The number of anilines is 1. The number of para-hydroxylation sites is 3. The van der Waals surface area contributed by atoms with E-state index in [-0.39, 0.29) is 0 Å². The number of nitrogens with one attached hydrogen (secondary N) is 1. The van der Waals surface area contributed by atoms with Crippen LogP contribution in [0.25, 0.3) is 0 Å². The fourth-order valence-electron chi connectivity index (χ4n) is 1.63. The van der Waals surface area contributed by atoms with Crippen LogP contribution in [-0.4, -0.2) is 6.54 Å². The molecule has 0 radical (unpaired) electrons. The molecule has 0 saturated carbocycles. The van der Waals surface area contributed by atoms with Gasteiger partial charge in [0.1, 0.15) is 5.75 Å². The third kappa shape index (κ3) is 3.39. The lowest BCUT2D eigenvalue weighted by atomic mass is 10.2. The molecule has 1 N–H and O–H groups in total. The second-order valence-corrected chi connectivity index (χ2v) is 3.92. The van der Waals surface area contributed by atoms with Crippen molar-refractivity contribution in [2.24, 2.45) is 0 Å². The Morgan fingerprint density at radius 2 is 1.72 bits per heavy atom. The molecule has 0 fully saturated rings. The van der Waals surface area contributed by atoms with Crippen molar-refractivity contribution in [2.75, 3.05) is 11.9 Å². The third-order valence-electron chi connectivity index (χ3n) is 2.52. The van der Waals surface area contributed by atoms with E-state index in [0.717, 1.165) is 30.2 Å². The van der Waals surface area contributed by atoms with Gasteiger partial charge < -0.3 is 10.1 Å². The van der Waals surface area contributed by atoms with E-state index in [0.29, 0.717) is 0 Å². The van der Waals surface area contributed by atoms with Crippen molar-refractivity contribution in [3.05, 3.63) is 67.3 Å². The highest BCUT2D eigenvalue weighted by atomic mass is 16.5. The first-order valence-corrected chi connectivity index (χ1v) is 6.07. The maximum absolute atomic E-state index is 5.85. The summed E-state index contributed by atoms with van der Waals surface area (Å²) in [6.07, 6.45) is 2.83. The van der Waals surface area contributed by atoms with Gasteiger partial charge in [-0.1, -0.05) is 36.4 Å². The molecule has 0 unspecified atom stereocenters. The highest BCUT2D eigenvalue weighted by Crippen LogP contribution is 2.28. The molecule has 0 aromatic heterocycles. The summed E-state index contributed by atoms with van der Waals surface area (Å²) in [6.45, 7) is 4.57. The molecule has 92 valence electrons. The Morgan fingerprint density at radius 1 is 1.00 bits per heavy atom. The summed E-state index contributed by atoms with van der Waals surface area (Å²) in [5, 5.41) is 3.34. The van der Waals surface area contributed by atoms with Gasteiger partial charge in [-0.3, -0.25) is 0 Å². The Balaban J connectivity index is 2.09. The van der Waals surface area contributed by atoms with E-state index in [9.17, 15) is 0 Å². The van der Waals surface area contributed by atoms with Crippen molar-refractivity contribution < 1.29 is 4.74 Å². The van der Waals surface area contributed by atoms with Crippen LogP contribution in [0.2, 0.25) is 0 Å². The van der Waals surface area contributed by atoms with Crippen molar-refractivity contribution in [2.45, 2.75) is 6.42 Å². The van der Waals surface area contributed by atoms with Crippen molar-refractivity contribution in [3.63, 3.8) is 0 Å². The molecule has 0 aliphatic rings. The predicted molar refractivity (Wildman–Crippen MR) is 76.3 cm³/mol. The summed E-state index contributed by atoms with van der Waals surface area (Å²) in [7, 11) is 0. The van der Waals surface area contributed by atoms with Crippen molar-refractivity contribution in [3.8, 4) is 11.5 Å². The highest BCUT2D eigenvalue weighted by Gasteiger charge is 2.02. The number of ether oxygens (including phenoxy) is 1. The lowest BCUT2D eigenvalue weighted by molar-refractivity contribution is 0.484. The van der Waals surface area contributed by atoms with Crippen LogP contribution in [0, 0.1) is 0 Å². The molecule has 2 rings (SSSR count). The average Bonchev–Trinajstić information content (AvgIpc) is 2.42. The molecular formula is C16H17NO. The van der Waals surface area contributed by atoms with E-state index in [1.807, 2.05) is 60.7 Å². The zero-order chi connectivity index (χ0) is 12.6. The van der Waals surface area contributed by atoms with Crippen LogP contribution >= 0.6 is 0 Å². The number of rotatable bonds is 6. The first kappa shape index (κ1) is 12.2. The van der Waals surface area contributed by atoms with Gasteiger partial charge >= 0.3 is 0 Å². The molecule has 0 spiro atoms. The summed E-state index contributed by atoms with van der Waals surface area (Å²) in [4.78, 5) is 0. The summed E-state index contributed by atoms with van der Waals surface area (Å²) >= 11 is 0. The van der Waals surface area contributed by atoms with Gasteiger partial charge in [-0.25, -0.2) is 0 Å². The number of hydrogen-bond donors (Lipinski definition) is 1. The SMILES string of the molecule is C=CCCNc1ccccc1Oc1ccccc1. The molecule has 0 aliphatic carbocycles. The molecular weight excluding hydrogens is 222 g/mol. The zero-order valence-electron chi connectivity index (χ0n) is 10.3. The molecule has 0 bridgehead atoms. The molecule has 0 saturated heterocycles. The molecule has 2 nitrogen and oxygen atoms in total. The summed E-state index contributed by atoms with van der Waals surface area (Å²) in [6, 6.07) is 17.7. The lowest BCUT2D eigenvalue weighted by Crippen LogP contribution is -2.01. The van der Waals surface area contributed by atoms with E-state index < -0.39 is 0 Å². The van der Waals surface area contributed by atoms with Gasteiger partial charge in [-0.15, -0.1) is 6.58 Å². The smallest absolute Gasteiger partial charge is 0.150 e. The molecule has 0 heterocycles. The van der Waals surface area contributed by atoms with Crippen LogP contribution < -0.4 is 10.1 Å². The van der Waals surface area contributed by atoms with Crippen LogP contribution in [0.15, 0.2) is 67.3 Å². The molecule has 2 heteroatoms. The monoisotopic (exact) mass is 239 g/mol. The van der Waals surface area contributed by atoms with Gasteiger partial charge in [0, 0.05) is 6.54 Å². The molecule has 0 aliphatic heterocycles. The molecule has 18 heavy (non-hydrogen) atoms. The fourth-order valence-corrected chi connectivity index (χ4v) is 1.63. The first-order chi connectivity index (χ1) is 8.90. The average molecular weight is 239 g/mol. The maximum atomic E-state index is 5.85. The van der Waals surface area contributed by atoms with Crippen LogP contribution in [0.3, 0.4) is 0 Å². The van der Waals surface area contributed by atoms with Gasteiger partial charge in [0.2, 0.25) is 0 Å². The second kappa shape index (κ2) is 6.50. The maximum Gasteiger partial charge on any atom is 0.150 e. The largest absolute Gasteiger partial charge is 0.455 e. The number of hydrogen-bond acceptors (Lipinski definition) is 2. The molecule has 0 atom stereocenters. The predicted octanol–water partition coefficient (Wildman–Crippen LogP) is 4.47. The topological polar surface area (TPSA) is 21.3 Å². The second-order valence-electron chi connectivity index (χ2n) is 3.92. The normalized spacial score (nSPS) is 9.78. The quantitative estimate of drug-likeness (QED) is 0.593. The Kier molecular flexibility index (Phi) is 4.42. The third-order valence-corrected chi connectivity index (χ3v) is 2.52. The minimum Gasteiger partial charge on any atom is -0.455 e. The van der Waals surface area contributed by atoms with Crippen molar-refractivity contribution >= 4 is 5.69 Å². The number of benzene rings is 2. The Bertz CT molecular complexity index is 493. The van der Waals surface area contributed by atoms with Crippen molar-refractivity contribution in [1.29, 1.82) is 0 Å². The molecule has 2 aromatic carbocycles. The van der Waals surface area contributed by atoms with Gasteiger partial charge in [-0.05, 0) is 30.7 Å². The van der Waals surface area contributed by atoms with E-state index in [4.69, 9.17) is 4.74 Å². The molecule has 2 aromatic rings. The zero-order valence-corrected chi connectivity index (χ0v) is 10.3.